The molecule has 0 bridgehead atoms. The van der Waals surface area contributed by atoms with E-state index >= 15 is 0 Å². The molecule has 0 fully saturated rings. The Balaban J connectivity index is 1.95. The zero-order valence-electron chi connectivity index (χ0n) is 24.0. The maximum absolute atomic E-state index is 14.0. The second kappa shape index (κ2) is 12.4. The van der Waals surface area contributed by atoms with E-state index in [0.717, 1.165) is 0 Å². The van der Waals surface area contributed by atoms with Gasteiger partial charge in [0, 0.05) is 12.5 Å². The van der Waals surface area contributed by atoms with Crippen LogP contribution in [0.1, 0.15) is 44.9 Å². The first-order chi connectivity index (χ1) is 19.6. The quantitative estimate of drug-likeness (QED) is 0.280. The molecule has 11 heteroatoms. The van der Waals surface area contributed by atoms with Crippen LogP contribution in [-0.2, 0) is 14.3 Å². The first kappa shape index (κ1) is 29.6. The molecule has 0 unspecified atom stereocenters. The molecule has 41 heavy (non-hydrogen) atoms. The number of allylic oxidation sites excluding steroid dienone is 1. The van der Waals surface area contributed by atoms with Gasteiger partial charge in [0.15, 0.2) is 27.8 Å². The molecular weight excluding hydrogens is 548 g/mol. The summed E-state index contributed by atoms with van der Waals surface area (Å²) >= 11 is 1.19. The van der Waals surface area contributed by atoms with E-state index in [1.54, 1.807) is 50.4 Å². The highest BCUT2D eigenvalue weighted by Crippen LogP contribution is 2.36. The van der Waals surface area contributed by atoms with E-state index in [4.69, 9.17) is 23.7 Å². The maximum Gasteiger partial charge on any atom is 0.338 e. The molecule has 0 amide bonds. The summed E-state index contributed by atoms with van der Waals surface area (Å²) in [6, 6.07) is 9.40. The summed E-state index contributed by atoms with van der Waals surface area (Å²) < 4.78 is 29.2. The summed E-state index contributed by atoms with van der Waals surface area (Å²) in [5.74, 6) is 0.523. The molecule has 2 heterocycles. The average Bonchev–Trinajstić information content (AvgIpc) is 3.24. The number of aromatic nitrogens is 1. The summed E-state index contributed by atoms with van der Waals surface area (Å²) in [6.45, 7) is 7.08. The second-order valence-electron chi connectivity index (χ2n) is 9.66. The van der Waals surface area contributed by atoms with Gasteiger partial charge in [-0.25, -0.2) is 9.79 Å². The molecule has 1 atom stereocenters. The van der Waals surface area contributed by atoms with Gasteiger partial charge < -0.3 is 23.7 Å². The van der Waals surface area contributed by atoms with Gasteiger partial charge in [-0.2, -0.15) is 0 Å². The molecule has 0 spiro atoms. The van der Waals surface area contributed by atoms with E-state index in [-0.39, 0.29) is 35.2 Å². The summed E-state index contributed by atoms with van der Waals surface area (Å²) in [5.41, 5.74) is 1.50. The van der Waals surface area contributed by atoms with Crippen molar-refractivity contribution >= 4 is 29.4 Å². The lowest BCUT2D eigenvalue weighted by Gasteiger charge is -2.25. The summed E-state index contributed by atoms with van der Waals surface area (Å²) in [7, 11) is 4.51. The Labute approximate surface area is 241 Å². The molecular formula is C30H32N2O8S. The van der Waals surface area contributed by atoms with Crippen molar-refractivity contribution in [2.24, 2.45) is 10.9 Å². The Bertz CT molecular complexity index is 1700. The third-order valence-corrected chi connectivity index (χ3v) is 7.25. The van der Waals surface area contributed by atoms with Crippen LogP contribution in [0, 0.1) is 5.92 Å². The smallest absolute Gasteiger partial charge is 0.338 e. The number of para-hydroxylation sites is 1. The second-order valence-corrected chi connectivity index (χ2v) is 10.7. The minimum Gasteiger partial charge on any atom is -0.493 e. The number of methoxy groups -OCH3 is 3. The van der Waals surface area contributed by atoms with Crippen molar-refractivity contribution in [1.82, 2.24) is 4.57 Å². The molecule has 0 aliphatic carbocycles. The zero-order valence-corrected chi connectivity index (χ0v) is 24.8. The fourth-order valence-electron chi connectivity index (χ4n) is 4.48. The molecule has 3 aromatic rings. The predicted octanol–water partition coefficient (Wildman–Crippen LogP) is 3.39. The molecule has 4 rings (SSSR count). The van der Waals surface area contributed by atoms with Crippen molar-refractivity contribution in [2.75, 3.05) is 27.9 Å². The Morgan fingerprint density at radius 3 is 2.41 bits per heavy atom. The number of carbonyl (C=O) groups is 2. The molecule has 0 N–H and O–H groups in total. The Kier molecular flexibility index (Phi) is 8.97. The Morgan fingerprint density at radius 1 is 1.05 bits per heavy atom. The minimum absolute atomic E-state index is 0.112. The minimum atomic E-state index is -0.874. The Morgan fingerprint density at radius 2 is 1.78 bits per heavy atom. The highest BCUT2D eigenvalue weighted by Gasteiger charge is 2.34. The number of hydrogen-bond acceptors (Lipinski definition) is 10. The van der Waals surface area contributed by atoms with Crippen LogP contribution in [0.2, 0.25) is 0 Å². The number of esters is 2. The van der Waals surface area contributed by atoms with Gasteiger partial charge in [0.25, 0.3) is 5.56 Å². The van der Waals surface area contributed by atoms with Gasteiger partial charge in [-0.1, -0.05) is 43.4 Å². The van der Waals surface area contributed by atoms with Crippen molar-refractivity contribution in [2.45, 2.75) is 33.7 Å². The number of rotatable bonds is 9. The molecule has 1 aromatic heterocycles. The standard InChI is InChI=1S/C30H32N2O8S/c1-16(2)15-39-29(35)25-17(3)31-30-32(26(25)19-11-12-21(40-18(4)33)23(13-19)37-6)28(34)24(41-30)14-20-9-8-10-22(36-5)27(20)38-7/h8-14,16,26H,15H2,1-7H3/b24-14+/t26-/m0/s1. The summed E-state index contributed by atoms with van der Waals surface area (Å²) in [6.07, 6.45) is 1.71. The van der Waals surface area contributed by atoms with E-state index < -0.39 is 18.0 Å². The SMILES string of the molecule is COc1cc([C@H]2C(C(=O)OCC(C)C)=C(C)N=c3s/c(=C/c4cccc(OC)c4OC)c(=O)n32)ccc1OC(C)=O. The monoisotopic (exact) mass is 580 g/mol. The van der Waals surface area contributed by atoms with Crippen LogP contribution in [-0.4, -0.2) is 44.4 Å². The topological polar surface area (TPSA) is 115 Å². The normalized spacial score (nSPS) is 14.8. The first-order valence-electron chi connectivity index (χ1n) is 12.9. The number of hydrogen-bond donors (Lipinski definition) is 0. The number of thiazole rings is 1. The van der Waals surface area contributed by atoms with Gasteiger partial charge in [0.05, 0.1) is 49.8 Å². The molecule has 1 aliphatic rings. The number of carbonyl (C=O) groups excluding carboxylic acids is 2. The van der Waals surface area contributed by atoms with Gasteiger partial charge in [-0.3, -0.25) is 14.2 Å². The van der Waals surface area contributed by atoms with Gasteiger partial charge in [0.1, 0.15) is 0 Å². The van der Waals surface area contributed by atoms with Crippen LogP contribution < -0.4 is 33.8 Å². The van der Waals surface area contributed by atoms with E-state index in [1.807, 2.05) is 19.9 Å². The highest BCUT2D eigenvalue weighted by molar-refractivity contribution is 7.07. The average molecular weight is 581 g/mol. The summed E-state index contributed by atoms with van der Waals surface area (Å²) in [5, 5.41) is 0. The van der Waals surface area contributed by atoms with E-state index in [2.05, 4.69) is 4.99 Å². The molecule has 0 saturated heterocycles. The van der Waals surface area contributed by atoms with Gasteiger partial charge in [-0.15, -0.1) is 0 Å². The first-order valence-corrected chi connectivity index (χ1v) is 13.7. The van der Waals surface area contributed by atoms with Crippen LogP contribution in [0.4, 0.5) is 0 Å². The predicted molar refractivity (Wildman–Crippen MR) is 153 cm³/mol. The summed E-state index contributed by atoms with van der Waals surface area (Å²) in [4.78, 5) is 44.1. The van der Waals surface area contributed by atoms with Crippen molar-refractivity contribution in [3.05, 3.63) is 78.5 Å². The molecule has 2 aromatic carbocycles. The molecule has 0 saturated carbocycles. The third kappa shape index (κ3) is 6.04. The van der Waals surface area contributed by atoms with Crippen LogP contribution in [0.5, 0.6) is 23.0 Å². The van der Waals surface area contributed by atoms with E-state index in [9.17, 15) is 14.4 Å². The largest absolute Gasteiger partial charge is 0.493 e. The lowest BCUT2D eigenvalue weighted by atomic mass is 9.95. The van der Waals surface area contributed by atoms with Crippen LogP contribution in [0.15, 0.2) is 57.5 Å². The third-order valence-electron chi connectivity index (χ3n) is 6.27. The van der Waals surface area contributed by atoms with Gasteiger partial charge in [-0.05, 0) is 42.7 Å². The number of nitrogens with zero attached hydrogens (tertiary/aromatic N) is 2. The molecule has 1 aliphatic heterocycles. The Hall–Kier alpha value is -4.38. The lowest BCUT2D eigenvalue weighted by molar-refractivity contribution is -0.140. The van der Waals surface area contributed by atoms with Crippen molar-refractivity contribution < 1.29 is 33.3 Å². The number of ether oxygens (including phenoxy) is 5. The van der Waals surface area contributed by atoms with Crippen LogP contribution in [0.3, 0.4) is 0 Å². The van der Waals surface area contributed by atoms with Crippen molar-refractivity contribution in [1.29, 1.82) is 0 Å². The van der Waals surface area contributed by atoms with Gasteiger partial charge >= 0.3 is 11.9 Å². The lowest BCUT2D eigenvalue weighted by Crippen LogP contribution is -2.40. The maximum atomic E-state index is 14.0. The number of benzene rings is 2. The zero-order chi connectivity index (χ0) is 29.8. The molecule has 0 radical (unpaired) electrons. The van der Waals surface area contributed by atoms with Crippen molar-refractivity contribution in [3.8, 4) is 23.0 Å². The fraction of sp³-hybridized carbons (Fsp3) is 0.333. The van der Waals surface area contributed by atoms with Crippen LogP contribution >= 0.6 is 11.3 Å². The molecule has 10 nitrogen and oxygen atoms in total. The van der Waals surface area contributed by atoms with Crippen molar-refractivity contribution in [3.63, 3.8) is 0 Å². The number of fused-ring (bicyclic) bond motifs is 1. The van der Waals surface area contributed by atoms with Gasteiger partial charge in [0.2, 0.25) is 0 Å². The highest BCUT2D eigenvalue weighted by atomic mass is 32.1. The fourth-order valence-corrected chi connectivity index (χ4v) is 5.52. The van der Waals surface area contributed by atoms with Crippen LogP contribution in [0.25, 0.3) is 6.08 Å². The molecule has 216 valence electrons. The van der Waals surface area contributed by atoms with E-state index in [0.29, 0.717) is 37.7 Å². The van der Waals surface area contributed by atoms with E-state index in [1.165, 1.54) is 37.0 Å².